The molecule has 0 spiro atoms. The summed E-state index contributed by atoms with van der Waals surface area (Å²) < 4.78 is 12.7. The lowest BCUT2D eigenvalue weighted by atomic mass is 9.97. The third-order valence-corrected chi connectivity index (χ3v) is 10.4. The minimum Gasteiger partial charge on any atom is -0.489 e. The van der Waals surface area contributed by atoms with E-state index < -0.39 is 5.97 Å². The van der Waals surface area contributed by atoms with Crippen molar-refractivity contribution in [3.8, 4) is 17.0 Å². The summed E-state index contributed by atoms with van der Waals surface area (Å²) in [6.45, 7) is 6.35. The molecular weight excluding hydrogens is 595 g/mol. The Morgan fingerprint density at radius 3 is 2.69 bits per heavy atom. The number of hydrogen-bond acceptors (Lipinski definition) is 8. The second-order valence-electron chi connectivity index (χ2n) is 11.9. The zero-order valence-corrected chi connectivity index (χ0v) is 25.7. The Kier molecular flexibility index (Phi) is 7.33. The lowest BCUT2D eigenvalue weighted by Crippen LogP contribution is -2.35. The van der Waals surface area contributed by atoms with E-state index in [9.17, 15) is 9.90 Å². The molecule has 4 aromatic rings. The van der Waals surface area contributed by atoms with E-state index in [2.05, 4.69) is 15.4 Å². The van der Waals surface area contributed by atoms with Crippen LogP contribution in [0, 0.1) is 11.8 Å². The summed E-state index contributed by atoms with van der Waals surface area (Å²) >= 11 is 14.7. The SMILES string of the molecule is CC(C)Oc1cc(C(=O)O)cc2sc(N3C[C@@H]4CC[C@@H](NCc5c(-c6c(Cl)cccc6Cl)noc5C5CC5)[C@@H]4C3)nc12. The Labute approximate surface area is 257 Å². The smallest absolute Gasteiger partial charge is 0.335 e. The molecule has 2 saturated carbocycles. The lowest BCUT2D eigenvalue weighted by molar-refractivity contribution is 0.0696. The van der Waals surface area contributed by atoms with Crippen LogP contribution in [0.3, 0.4) is 0 Å². The first kappa shape index (κ1) is 28.0. The van der Waals surface area contributed by atoms with Gasteiger partial charge in [-0.05, 0) is 75.6 Å². The van der Waals surface area contributed by atoms with Crippen LogP contribution < -0.4 is 15.0 Å². The van der Waals surface area contributed by atoms with Gasteiger partial charge in [-0.1, -0.05) is 45.8 Å². The van der Waals surface area contributed by atoms with Crippen LogP contribution in [0.2, 0.25) is 10.0 Å². The topological polar surface area (TPSA) is 101 Å². The van der Waals surface area contributed by atoms with Gasteiger partial charge in [0.1, 0.15) is 22.7 Å². The van der Waals surface area contributed by atoms with Crippen LogP contribution >= 0.6 is 34.5 Å². The van der Waals surface area contributed by atoms with Crippen molar-refractivity contribution in [3.05, 3.63) is 57.3 Å². The van der Waals surface area contributed by atoms with Crippen LogP contribution in [-0.2, 0) is 6.54 Å². The number of halogens is 2. The number of hydrogen-bond donors (Lipinski definition) is 2. The number of benzene rings is 2. The van der Waals surface area contributed by atoms with Gasteiger partial charge in [-0.15, -0.1) is 0 Å². The van der Waals surface area contributed by atoms with E-state index in [-0.39, 0.29) is 11.7 Å². The highest BCUT2D eigenvalue weighted by Crippen LogP contribution is 2.47. The summed E-state index contributed by atoms with van der Waals surface area (Å²) in [4.78, 5) is 19.1. The van der Waals surface area contributed by atoms with Gasteiger partial charge in [0.15, 0.2) is 5.13 Å². The molecule has 7 rings (SSSR count). The molecule has 1 saturated heterocycles. The van der Waals surface area contributed by atoms with Crippen molar-refractivity contribution in [2.24, 2.45) is 11.8 Å². The summed E-state index contributed by atoms with van der Waals surface area (Å²) in [5.41, 5.74) is 3.47. The predicted octanol–water partition coefficient (Wildman–Crippen LogP) is 7.63. The third-order valence-electron chi connectivity index (χ3n) is 8.69. The van der Waals surface area contributed by atoms with Crippen molar-refractivity contribution in [2.45, 2.75) is 64.1 Å². The number of rotatable bonds is 9. The van der Waals surface area contributed by atoms with Gasteiger partial charge in [-0.3, -0.25) is 0 Å². The molecule has 3 fully saturated rings. The predicted molar refractivity (Wildman–Crippen MR) is 165 cm³/mol. The number of carboxylic acids is 1. The number of ether oxygens (including phenoxy) is 1. The van der Waals surface area contributed by atoms with E-state index in [4.69, 9.17) is 37.4 Å². The van der Waals surface area contributed by atoms with Crippen molar-refractivity contribution in [1.29, 1.82) is 0 Å². The second-order valence-corrected chi connectivity index (χ2v) is 13.8. The first-order chi connectivity index (χ1) is 20.3. The largest absolute Gasteiger partial charge is 0.489 e. The highest BCUT2D eigenvalue weighted by Gasteiger charge is 2.44. The molecule has 8 nitrogen and oxygen atoms in total. The summed E-state index contributed by atoms with van der Waals surface area (Å²) in [5, 5.41) is 20.0. The number of carboxylic acid groups (broad SMARTS) is 1. The van der Waals surface area contributed by atoms with E-state index in [1.54, 1.807) is 12.1 Å². The minimum atomic E-state index is -0.970. The molecular formula is C31H32Cl2N4O4S. The standard InChI is InChI=1S/C31H32Cl2N4O4S/c1-15(2)40-24-10-18(30(38)39)11-25-28(24)35-31(42-25)37-13-17-8-9-23(20(17)14-37)34-12-19-27(36-41-29(19)16-6-7-16)26-21(32)4-3-5-22(26)33/h3-5,10-11,15-17,20,23,34H,6-9,12-14H2,1-2H3,(H,38,39)/t17-,20+,23+/m0/s1. The van der Waals surface area contributed by atoms with Gasteiger partial charge in [0.05, 0.1) is 26.4 Å². The summed E-state index contributed by atoms with van der Waals surface area (Å²) in [7, 11) is 0. The van der Waals surface area contributed by atoms with E-state index in [0.29, 0.717) is 46.1 Å². The number of nitrogens with zero attached hydrogens (tertiary/aromatic N) is 3. The molecule has 2 N–H and O–H groups in total. The van der Waals surface area contributed by atoms with Crippen LogP contribution in [0.1, 0.15) is 67.1 Å². The molecule has 3 aliphatic rings. The zero-order chi connectivity index (χ0) is 29.1. The minimum absolute atomic E-state index is 0.0827. The Morgan fingerprint density at radius 1 is 1.19 bits per heavy atom. The fourth-order valence-electron chi connectivity index (χ4n) is 6.58. The number of aromatic nitrogens is 2. The highest BCUT2D eigenvalue weighted by molar-refractivity contribution is 7.22. The Balaban J connectivity index is 1.11. The fraction of sp³-hybridized carbons (Fsp3) is 0.452. The monoisotopic (exact) mass is 626 g/mol. The van der Waals surface area contributed by atoms with E-state index >= 15 is 0 Å². The van der Waals surface area contributed by atoms with Gasteiger partial charge < -0.3 is 24.6 Å². The third kappa shape index (κ3) is 5.14. The lowest BCUT2D eigenvalue weighted by Gasteiger charge is -2.22. The number of thiazole rings is 1. The molecule has 220 valence electrons. The van der Waals surface area contributed by atoms with Crippen LogP contribution in [0.25, 0.3) is 21.5 Å². The van der Waals surface area contributed by atoms with E-state index in [1.165, 1.54) is 11.3 Å². The van der Waals surface area contributed by atoms with Crippen molar-refractivity contribution in [1.82, 2.24) is 15.5 Å². The van der Waals surface area contributed by atoms with Gasteiger partial charge >= 0.3 is 5.97 Å². The second kappa shape index (κ2) is 11.0. The summed E-state index contributed by atoms with van der Waals surface area (Å²) in [6, 6.07) is 9.15. The first-order valence-corrected chi connectivity index (χ1v) is 16.1. The molecule has 11 heteroatoms. The molecule has 2 aliphatic carbocycles. The molecule has 0 bridgehead atoms. The fourth-order valence-corrected chi connectivity index (χ4v) is 8.19. The Morgan fingerprint density at radius 2 is 1.98 bits per heavy atom. The maximum atomic E-state index is 11.7. The average Bonchev–Trinajstić information content (AvgIpc) is 3.26. The molecule has 3 heterocycles. The van der Waals surface area contributed by atoms with Crippen LogP contribution in [0.4, 0.5) is 5.13 Å². The Bertz CT molecular complexity index is 1650. The molecule has 2 aromatic heterocycles. The molecule has 1 aliphatic heterocycles. The van der Waals surface area contributed by atoms with Crippen LogP contribution in [0.5, 0.6) is 5.75 Å². The summed E-state index contributed by atoms with van der Waals surface area (Å²) in [5.74, 6) is 1.96. The number of anilines is 1. The van der Waals surface area contributed by atoms with Crippen molar-refractivity contribution >= 4 is 55.9 Å². The van der Waals surface area contributed by atoms with E-state index in [0.717, 1.165) is 76.7 Å². The first-order valence-electron chi connectivity index (χ1n) is 14.5. The van der Waals surface area contributed by atoms with Crippen LogP contribution in [0.15, 0.2) is 34.9 Å². The van der Waals surface area contributed by atoms with Gasteiger partial charge in [0.25, 0.3) is 0 Å². The van der Waals surface area contributed by atoms with Gasteiger partial charge in [0, 0.05) is 42.7 Å². The quantitative estimate of drug-likeness (QED) is 0.196. The number of nitrogens with one attached hydrogen (secondary N) is 1. The molecule has 0 amide bonds. The number of aromatic carboxylic acids is 1. The van der Waals surface area contributed by atoms with Crippen LogP contribution in [-0.4, -0.2) is 46.5 Å². The molecule has 0 radical (unpaired) electrons. The number of fused-ring (bicyclic) bond motifs is 2. The maximum Gasteiger partial charge on any atom is 0.335 e. The molecule has 3 atom stereocenters. The normalized spacial score (nSPS) is 21.9. The molecule has 0 unspecified atom stereocenters. The molecule has 42 heavy (non-hydrogen) atoms. The average molecular weight is 628 g/mol. The highest BCUT2D eigenvalue weighted by atomic mass is 35.5. The molecule has 2 aromatic carbocycles. The zero-order valence-electron chi connectivity index (χ0n) is 23.4. The van der Waals surface area contributed by atoms with Gasteiger partial charge in [-0.2, -0.15) is 0 Å². The van der Waals surface area contributed by atoms with Gasteiger partial charge in [-0.25, -0.2) is 9.78 Å². The van der Waals surface area contributed by atoms with Crippen molar-refractivity contribution in [2.75, 3.05) is 18.0 Å². The maximum absolute atomic E-state index is 11.7. The van der Waals surface area contributed by atoms with E-state index in [1.807, 2.05) is 32.0 Å². The van der Waals surface area contributed by atoms with Crippen molar-refractivity contribution < 1.29 is 19.2 Å². The summed E-state index contributed by atoms with van der Waals surface area (Å²) in [6.07, 6.45) is 4.41. The van der Waals surface area contributed by atoms with Gasteiger partial charge in [0.2, 0.25) is 0 Å². The number of carbonyl (C=O) groups is 1. The van der Waals surface area contributed by atoms with Crippen molar-refractivity contribution in [3.63, 3.8) is 0 Å². The Hall–Kier alpha value is -2.85.